The fourth-order valence-corrected chi connectivity index (χ4v) is 10.2. The molecular formula is C59H42N2. The predicted octanol–water partition coefficient (Wildman–Crippen LogP) is 16.2. The maximum atomic E-state index is 2.45. The van der Waals surface area contributed by atoms with Gasteiger partial charge in [0, 0.05) is 38.3 Å². The second-order valence-electron chi connectivity index (χ2n) is 16.9. The second kappa shape index (κ2) is 13.7. The van der Waals surface area contributed by atoms with Gasteiger partial charge in [-0.15, -0.1) is 0 Å². The molecule has 0 saturated carbocycles. The molecule has 1 aromatic heterocycles. The molecular weight excluding hydrogens is 737 g/mol. The fourth-order valence-electron chi connectivity index (χ4n) is 10.2. The highest BCUT2D eigenvalue weighted by Crippen LogP contribution is 2.51. The quantitative estimate of drug-likeness (QED) is 0.163. The molecule has 0 bridgehead atoms. The highest BCUT2D eigenvalue weighted by molar-refractivity contribution is 6.12. The zero-order chi connectivity index (χ0) is 40.7. The first-order valence-electron chi connectivity index (χ1n) is 21.3. The van der Waals surface area contributed by atoms with E-state index in [-0.39, 0.29) is 5.41 Å². The van der Waals surface area contributed by atoms with Crippen LogP contribution >= 0.6 is 0 Å². The number of aromatic nitrogens is 1. The molecule has 0 atom stereocenters. The van der Waals surface area contributed by atoms with Crippen molar-refractivity contribution < 1.29 is 0 Å². The highest BCUT2D eigenvalue weighted by atomic mass is 15.1. The lowest BCUT2D eigenvalue weighted by molar-refractivity contribution is 0.660. The number of para-hydroxylation sites is 1. The Morgan fingerprint density at radius 3 is 1.75 bits per heavy atom. The molecule has 1 heterocycles. The van der Waals surface area contributed by atoms with Gasteiger partial charge >= 0.3 is 0 Å². The van der Waals surface area contributed by atoms with Gasteiger partial charge in [0.15, 0.2) is 0 Å². The molecule has 12 rings (SSSR count). The maximum absolute atomic E-state index is 2.45. The van der Waals surface area contributed by atoms with Crippen LogP contribution in [0.4, 0.5) is 17.1 Å². The van der Waals surface area contributed by atoms with Crippen molar-refractivity contribution in [3.63, 3.8) is 0 Å². The summed E-state index contributed by atoms with van der Waals surface area (Å²) in [7, 11) is 0. The van der Waals surface area contributed by atoms with E-state index in [4.69, 9.17) is 0 Å². The van der Waals surface area contributed by atoms with Crippen LogP contribution in [0.2, 0.25) is 0 Å². The Hall–Kier alpha value is -7.68. The first kappa shape index (κ1) is 35.3. The van der Waals surface area contributed by atoms with Crippen molar-refractivity contribution in [2.24, 2.45) is 0 Å². The molecule has 2 heteroatoms. The molecule has 0 fully saturated rings. The summed E-state index contributed by atoms with van der Waals surface area (Å²) in [5.74, 6) is 0. The Morgan fingerprint density at radius 2 is 0.934 bits per heavy atom. The van der Waals surface area contributed by atoms with Crippen LogP contribution in [0, 0.1) is 0 Å². The van der Waals surface area contributed by atoms with E-state index in [1.807, 2.05) is 0 Å². The number of rotatable bonds is 6. The van der Waals surface area contributed by atoms with Crippen LogP contribution in [0.25, 0.3) is 82.4 Å². The lowest BCUT2D eigenvalue weighted by atomic mass is 9.82. The van der Waals surface area contributed by atoms with Crippen LogP contribution in [0.1, 0.15) is 25.0 Å². The lowest BCUT2D eigenvalue weighted by Crippen LogP contribution is -2.16. The van der Waals surface area contributed by atoms with E-state index in [1.165, 1.54) is 93.5 Å². The van der Waals surface area contributed by atoms with Crippen molar-refractivity contribution in [3.05, 3.63) is 230 Å². The third-order valence-corrected chi connectivity index (χ3v) is 13.2. The van der Waals surface area contributed by atoms with Gasteiger partial charge in [-0.05, 0) is 110 Å². The number of fused-ring (bicyclic) bond motifs is 8. The van der Waals surface area contributed by atoms with Gasteiger partial charge in [0.05, 0.1) is 22.4 Å². The third kappa shape index (κ3) is 5.56. The molecule has 0 unspecified atom stereocenters. The van der Waals surface area contributed by atoms with E-state index in [2.05, 4.69) is 242 Å². The fraction of sp³-hybridized carbons (Fsp3) is 0.0508. The van der Waals surface area contributed by atoms with Gasteiger partial charge in [-0.2, -0.15) is 0 Å². The van der Waals surface area contributed by atoms with Crippen LogP contribution in [-0.4, -0.2) is 4.57 Å². The molecule has 0 amide bonds. The van der Waals surface area contributed by atoms with E-state index in [0.29, 0.717) is 0 Å². The molecule has 1 aliphatic carbocycles. The van der Waals surface area contributed by atoms with Crippen LogP contribution in [-0.2, 0) is 5.41 Å². The summed E-state index contributed by atoms with van der Waals surface area (Å²) >= 11 is 0. The Balaban J connectivity index is 0.938. The van der Waals surface area contributed by atoms with E-state index in [0.717, 1.165) is 17.1 Å². The van der Waals surface area contributed by atoms with Gasteiger partial charge in [0.1, 0.15) is 0 Å². The molecule has 61 heavy (non-hydrogen) atoms. The average molecular weight is 779 g/mol. The topological polar surface area (TPSA) is 8.17 Å². The van der Waals surface area contributed by atoms with E-state index in [9.17, 15) is 0 Å². The molecule has 2 nitrogen and oxygen atoms in total. The van der Waals surface area contributed by atoms with Crippen LogP contribution in [0.5, 0.6) is 0 Å². The minimum Gasteiger partial charge on any atom is -0.310 e. The second-order valence-corrected chi connectivity index (χ2v) is 16.9. The van der Waals surface area contributed by atoms with Crippen LogP contribution in [0.3, 0.4) is 0 Å². The number of anilines is 3. The van der Waals surface area contributed by atoms with Crippen molar-refractivity contribution in [1.82, 2.24) is 4.57 Å². The zero-order valence-electron chi connectivity index (χ0n) is 34.2. The Labute approximate surface area is 356 Å². The first-order valence-corrected chi connectivity index (χ1v) is 21.3. The summed E-state index contributed by atoms with van der Waals surface area (Å²) in [6, 6.07) is 80.4. The Kier molecular flexibility index (Phi) is 7.92. The molecule has 11 aromatic rings. The smallest absolute Gasteiger partial charge is 0.0541 e. The summed E-state index contributed by atoms with van der Waals surface area (Å²) in [4.78, 5) is 2.45. The van der Waals surface area contributed by atoms with Gasteiger partial charge < -0.3 is 9.47 Å². The van der Waals surface area contributed by atoms with Crippen molar-refractivity contribution in [3.8, 4) is 39.1 Å². The zero-order valence-corrected chi connectivity index (χ0v) is 34.2. The molecule has 288 valence electrons. The van der Waals surface area contributed by atoms with Gasteiger partial charge in [0.2, 0.25) is 0 Å². The minimum atomic E-state index is -0.103. The number of benzene rings is 10. The summed E-state index contributed by atoms with van der Waals surface area (Å²) in [5.41, 5.74) is 17.1. The number of hydrogen-bond donors (Lipinski definition) is 0. The van der Waals surface area contributed by atoms with Crippen LogP contribution in [0.15, 0.2) is 218 Å². The van der Waals surface area contributed by atoms with Gasteiger partial charge in [-0.3, -0.25) is 0 Å². The van der Waals surface area contributed by atoms with Crippen molar-refractivity contribution in [1.29, 1.82) is 0 Å². The lowest BCUT2D eigenvalue weighted by Gasteiger charge is -2.29. The largest absolute Gasteiger partial charge is 0.310 e. The van der Waals surface area contributed by atoms with Crippen LogP contribution < -0.4 is 4.90 Å². The standard InChI is InChI=1S/C59H42N2/c1-59(2)53-24-9-7-22-49(53)50-34-33-46(38-54(50)59)60(55-26-12-16-41-14-3-5-20-47(41)55)45-19-11-18-43(36-45)39-28-30-40(31-29-39)44-32-35-58-52(37-44)51-23-8-10-25-57(51)61(58)56-27-13-17-42-15-4-6-21-48(42)56/h3-38H,1-2H3. The normalized spacial score (nSPS) is 12.9. The SMILES string of the molecule is CC1(C)c2ccccc2-c2ccc(N(c3cccc(-c4ccc(-c5ccc6c(c5)c5ccccc5n6-c5cccc6ccccc56)cc4)c3)c3cccc4ccccc34)cc21. The van der Waals surface area contributed by atoms with Gasteiger partial charge in [0.25, 0.3) is 0 Å². The summed E-state index contributed by atoms with van der Waals surface area (Å²) in [6.07, 6.45) is 0. The molecule has 0 saturated heterocycles. The molecule has 0 radical (unpaired) electrons. The van der Waals surface area contributed by atoms with Gasteiger partial charge in [-0.1, -0.05) is 178 Å². The molecule has 0 spiro atoms. The number of nitrogens with zero attached hydrogens (tertiary/aromatic N) is 2. The molecule has 10 aromatic carbocycles. The Bertz CT molecular complexity index is 3500. The van der Waals surface area contributed by atoms with Gasteiger partial charge in [-0.25, -0.2) is 0 Å². The number of hydrogen-bond acceptors (Lipinski definition) is 1. The highest BCUT2D eigenvalue weighted by Gasteiger charge is 2.35. The maximum Gasteiger partial charge on any atom is 0.0541 e. The first-order chi connectivity index (χ1) is 30.0. The monoisotopic (exact) mass is 778 g/mol. The average Bonchev–Trinajstić information content (AvgIpc) is 3.76. The Morgan fingerprint density at radius 1 is 0.361 bits per heavy atom. The predicted molar refractivity (Wildman–Crippen MR) is 259 cm³/mol. The third-order valence-electron chi connectivity index (χ3n) is 13.2. The summed E-state index contributed by atoms with van der Waals surface area (Å²) in [5, 5.41) is 7.45. The molecule has 1 aliphatic rings. The van der Waals surface area contributed by atoms with E-state index in [1.54, 1.807) is 0 Å². The van der Waals surface area contributed by atoms with Crippen molar-refractivity contribution >= 4 is 60.4 Å². The van der Waals surface area contributed by atoms with Crippen molar-refractivity contribution in [2.45, 2.75) is 19.3 Å². The summed E-state index contributed by atoms with van der Waals surface area (Å²) < 4.78 is 2.43. The molecule has 0 aliphatic heterocycles. The molecule has 0 N–H and O–H groups in total. The minimum absolute atomic E-state index is 0.103. The van der Waals surface area contributed by atoms with E-state index >= 15 is 0 Å². The summed E-state index contributed by atoms with van der Waals surface area (Å²) in [6.45, 7) is 4.72. The van der Waals surface area contributed by atoms with E-state index < -0.39 is 0 Å². The van der Waals surface area contributed by atoms with Crippen molar-refractivity contribution in [2.75, 3.05) is 4.90 Å².